The topological polar surface area (TPSA) is 26.0 Å². The molecule has 1 rings (SSSR count). The van der Waals surface area contributed by atoms with Crippen molar-refractivity contribution < 1.29 is 0 Å². The fourth-order valence-corrected chi connectivity index (χ4v) is 2.47. The van der Waals surface area contributed by atoms with E-state index in [0.29, 0.717) is 0 Å². The molecule has 0 radical (unpaired) electrons. The highest BCUT2D eigenvalue weighted by molar-refractivity contribution is 7.10. The number of halogens is 1. The van der Waals surface area contributed by atoms with Crippen LogP contribution in [-0.4, -0.2) is 0 Å². The van der Waals surface area contributed by atoms with E-state index in [2.05, 4.69) is 25.3 Å². The van der Waals surface area contributed by atoms with Crippen LogP contribution in [-0.2, 0) is 0 Å². The first kappa shape index (κ1) is 13.9. The van der Waals surface area contributed by atoms with Crippen molar-refractivity contribution in [2.45, 2.75) is 45.6 Å². The molecular weight excluding hydrogens is 214 g/mol. The molecule has 1 heterocycles. The summed E-state index contributed by atoms with van der Waals surface area (Å²) < 4.78 is 0. The summed E-state index contributed by atoms with van der Waals surface area (Å²) in [6.07, 6.45) is 4.97. The lowest BCUT2D eigenvalue weighted by Crippen LogP contribution is -2.09. The lowest BCUT2D eigenvalue weighted by atomic mass is 10.1. The van der Waals surface area contributed by atoms with Gasteiger partial charge < -0.3 is 5.73 Å². The van der Waals surface area contributed by atoms with Crippen LogP contribution >= 0.6 is 23.7 Å². The molecule has 0 aliphatic heterocycles. The van der Waals surface area contributed by atoms with E-state index >= 15 is 0 Å². The Balaban J connectivity index is 0.00000169. The molecular formula is C11H20ClNS. The molecule has 0 saturated carbocycles. The third-order valence-corrected chi connectivity index (χ3v) is 3.51. The fourth-order valence-electron chi connectivity index (χ4n) is 1.51. The number of rotatable bonds is 5. The van der Waals surface area contributed by atoms with E-state index in [1.165, 1.54) is 29.7 Å². The minimum absolute atomic E-state index is 0. The van der Waals surface area contributed by atoms with Crippen molar-refractivity contribution in [3.8, 4) is 0 Å². The Kier molecular flexibility index (Phi) is 7.24. The van der Waals surface area contributed by atoms with Crippen molar-refractivity contribution in [2.24, 2.45) is 5.73 Å². The average Bonchev–Trinajstić information content (AvgIpc) is 2.52. The standard InChI is InChI=1S/C11H19NS.ClH/c1-3-4-5-6-10(12)11-9(2)7-8-13-11;/h7-8,10H,3-6,12H2,1-2H3;1H/t10-;/m0./s1. The number of thiophene rings is 1. The fraction of sp³-hybridized carbons (Fsp3) is 0.636. The van der Waals surface area contributed by atoms with E-state index < -0.39 is 0 Å². The maximum absolute atomic E-state index is 6.09. The molecule has 0 aliphatic rings. The zero-order chi connectivity index (χ0) is 9.68. The summed E-state index contributed by atoms with van der Waals surface area (Å²) in [6, 6.07) is 2.42. The summed E-state index contributed by atoms with van der Waals surface area (Å²) in [6.45, 7) is 4.37. The van der Waals surface area contributed by atoms with Gasteiger partial charge in [-0.2, -0.15) is 0 Å². The van der Waals surface area contributed by atoms with Crippen LogP contribution in [0.15, 0.2) is 11.4 Å². The van der Waals surface area contributed by atoms with E-state index in [0.717, 1.165) is 6.42 Å². The van der Waals surface area contributed by atoms with Gasteiger partial charge in [0.25, 0.3) is 0 Å². The minimum Gasteiger partial charge on any atom is -0.323 e. The van der Waals surface area contributed by atoms with Crippen LogP contribution in [0, 0.1) is 6.92 Å². The molecule has 1 aromatic heterocycles. The largest absolute Gasteiger partial charge is 0.323 e. The van der Waals surface area contributed by atoms with Gasteiger partial charge in [-0.3, -0.25) is 0 Å². The van der Waals surface area contributed by atoms with E-state index in [1.54, 1.807) is 11.3 Å². The van der Waals surface area contributed by atoms with Crippen molar-refractivity contribution in [2.75, 3.05) is 0 Å². The Morgan fingerprint density at radius 2 is 2.14 bits per heavy atom. The molecule has 0 aromatic carbocycles. The van der Waals surface area contributed by atoms with Crippen LogP contribution in [0.2, 0.25) is 0 Å². The number of aryl methyl sites for hydroxylation is 1. The average molecular weight is 234 g/mol. The van der Waals surface area contributed by atoms with Crippen LogP contribution in [0.4, 0.5) is 0 Å². The van der Waals surface area contributed by atoms with E-state index in [9.17, 15) is 0 Å². The smallest absolute Gasteiger partial charge is 0.0392 e. The molecule has 0 unspecified atom stereocenters. The number of hydrogen-bond acceptors (Lipinski definition) is 2. The van der Waals surface area contributed by atoms with E-state index in [4.69, 9.17) is 5.73 Å². The van der Waals surface area contributed by atoms with Gasteiger partial charge in [0.05, 0.1) is 0 Å². The monoisotopic (exact) mass is 233 g/mol. The van der Waals surface area contributed by atoms with Gasteiger partial charge in [-0.25, -0.2) is 0 Å². The normalized spacial score (nSPS) is 12.2. The Labute approximate surface area is 97.1 Å². The third kappa shape index (κ3) is 3.99. The second kappa shape index (κ2) is 7.27. The van der Waals surface area contributed by atoms with Crippen molar-refractivity contribution in [1.82, 2.24) is 0 Å². The summed E-state index contributed by atoms with van der Waals surface area (Å²) in [7, 11) is 0. The van der Waals surface area contributed by atoms with Gasteiger partial charge in [-0.05, 0) is 30.4 Å². The molecule has 0 amide bonds. The van der Waals surface area contributed by atoms with Crippen molar-refractivity contribution in [3.63, 3.8) is 0 Å². The minimum atomic E-state index is 0. The second-order valence-corrected chi connectivity index (χ2v) is 4.52. The van der Waals surface area contributed by atoms with Crippen molar-refractivity contribution in [3.05, 3.63) is 21.9 Å². The van der Waals surface area contributed by atoms with Gasteiger partial charge in [0, 0.05) is 10.9 Å². The molecule has 1 atom stereocenters. The summed E-state index contributed by atoms with van der Waals surface area (Å²) >= 11 is 1.79. The van der Waals surface area contributed by atoms with Gasteiger partial charge in [0.15, 0.2) is 0 Å². The lowest BCUT2D eigenvalue weighted by molar-refractivity contribution is 0.586. The second-order valence-electron chi connectivity index (χ2n) is 3.57. The Morgan fingerprint density at radius 1 is 1.43 bits per heavy atom. The van der Waals surface area contributed by atoms with Crippen molar-refractivity contribution in [1.29, 1.82) is 0 Å². The van der Waals surface area contributed by atoms with Gasteiger partial charge in [-0.15, -0.1) is 23.7 Å². The molecule has 1 aromatic rings. The Hall–Kier alpha value is -0.0500. The van der Waals surface area contributed by atoms with Crippen molar-refractivity contribution >= 4 is 23.7 Å². The summed E-state index contributed by atoms with van der Waals surface area (Å²) in [4.78, 5) is 1.37. The van der Waals surface area contributed by atoms with Crippen LogP contribution in [0.1, 0.15) is 49.1 Å². The highest BCUT2D eigenvalue weighted by atomic mass is 35.5. The first-order valence-corrected chi connectivity index (χ1v) is 5.93. The third-order valence-electron chi connectivity index (χ3n) is 2.36. The maximum Gasteiger partial charge on any atom is 0.0392 e. The van der Waals surface area contributed by atoms with E-state index in [1.807, 2.05) is 0 Å². The SMILES string of the molecule is CCCCC[C@H](N)c1sccc1C.Cl. The lowest BCUT2D eigenvalue weighted by Gasteiger charge is -2.10. The molecule has 0 aliphatic carbocycles. The zero-order valence-corrected chi connectivity index (χ0v) is 10.6. The summed E-state index contributed by atoms with van der Waals surface area (Å²) in [5, 5.41) is 2.13. The van der Waals surface area contributed by atoms with Gasteiger partial charge in [0.1, 0.15) is 0 Å². The van der Waals surface area contributed by atoms with Crippen LogP contribution < -0.4 is 5.73 Å². The molecule has 0 bridgehead atoms. The predicted octanol–water partition coefficient (Wildman–Crippen LogP) is 4.06. The van der Waals surface area contributed by atoms with Crippen LogP contribution in [0.5, 0.6) is 0 Å². The molecule has 1 nitrogen and oxygen atoms in total. The summed E-state index contributed by atoms with van der Waals surface area (Å²) in [5.41, 5.74) is 7.45. The van der Waals surface area contributed by atoms with Crippen LogP contribution in [0.25, 0.3) is 0 Å². The predicted molar refractivity (Wildman–Crippen MR) is 67.4 cm³/mol. The Bertz CT molecular complexity index is 247. The Morgan fingerprint density at radius 3 is 2.64 bits per heavy atom. The highest BCUT2D eigenvalue weighted by Crippen LogP contribution is 2.25. The summed E-state index contributed by atoms with van der Waals surface area (Å²) in [5.74, 6) is 0. The molecule has 0 saturated heterocycles. The number of hydrogen-bond donors (Lipinski definition) is 1. The van der Waals surface area contributed by atoms with Gasteiger partial charge in [-0.1, -0.05) is 26.2 Å². The first-order chi connectivity index (χ1) is 6.25. The van der Waals surface area contributed by atoms with E-state index in [-0.39, 0.29) is 18.4 Å². The quantitative estimate of drug-likeness (QED) is 0.763. The van der Waals surface area contributed by atoms with Gasteiger partial charge in [0.2, 0.25) is 0 Å². The maximum atomic E-state index is 6.09. The number of nitrogens with two attached hydrogens (primary N) is 1. The van der Waals surface area contributed by atoms with Crippen LogP contribution in [0.3, 0.4) is 0 Å². The molecule has 82 valence electrons. The van der Waals surface area contributed by atoms with Gasteiger partial charge >= 0.3 is 0 Å². The first-order valence-electron chi connectivity index (χ1n) is 5.05. The molecule has 14 heavy (non-hydrogen) atoms. The molecule has 0 spiro atoms. The molecule has 3 heteroatoms. The molecule has 0 fully saturated rings. The zero-order valence-electron chi connectivity index (χ0n) is 8.95. The highest BCUT2D eigenvalue weighted by Gasteiger charge is 2.09. The number of unbranched alkanes of at least 4 members (excludes halogenated alkanes) is 2. The molecule has 2 N–H and O–H groups in total.